The van der Waals surface area contributed by atoms with E-state index in [1.807, 2.05) is 25.2 Å². The van der Waals surface area contributed by atoms with Crippen molar-refractivity contribution in [3.8, 4) is 0 Å². The van der Waals surface area contributed by atoms with Crippen LogP contribution < -0.4 is 4.90 Å². The molecule has 86 valence electrons. The Bertz CT molecular complexity index is 453. The van der Waals surface area contributed by atoms with Gasteiger partial charge in [0.25, 0.3) is 0 Å². The molecule has 0 unspecified atom stereocenters. The highest BCUT2D eigenvalue weighted by Gasteiger charge is 2.04. The topological polar surface area (TPSA) is 49.5 Å². The number of aliphatic hydroxyl groups excluding tert-OH is 1. The minimum atomic E-state index is 0.259. The normalized spacial score (nSPS) is 10.9. The highest BCUT2D eigenvalue weighted by atomic mass is 16.3. The van der Waals surface area contributed by atoms with Crippen LogP contribution in [0.5, 0.6) is 0 Å². The molecule has 0 saturated carbocycles. The van der Waals surface area contributed by atoms with Crippen molar-refractivity contribution in [3.63, 3.8) is 0 Å². The van der Waals surface area contributed by atoms with Crippen LogP contribution in [0.25, 0.3) is 11.1 Å². The van der Waals surface area contributed by atoms with Gasteiger partial charge in [-0.3, -0.25) is 0 Å². The third-order valence-electron chi connectivity index (χ3n) is 2.66. The summed E-state index contributed by atoms with van der Waals surface area (Å²) in [4.78, 5) is 6.23. The van der Waals surface area contributed by atoms with Crippen LogP contribution in [0.1, 0.15) is 12.8 Å². The molecule has 16 heavy (non-hydrogen) atoms. The lowest BCUT2D eigenvalue weighted by Gasteiger charge is -2.18. The fraction of sp³-hybridized carbons (Fsp3) is 0.417. The van der Waals surface area contributed by atoms with Crippen LogP contribution in [0.15, 0.2) is 29.0 Å². The van der Waals surface area contributed by atoms with Crippen LogP contribution in [0.4, 0.5) is 5.69 Å². The Balaban J connectivity index is 2.07. The SMILES string of the molecule is CN(CCCCO)c1ccc2ncoc2c1. The second-order valence-electron chi connectivity index (χ2n) is 3.86. The predicted octanol–water partition coefficient (Wildman–Crippen LogP) is 2.04. The molecular weight excluding hydrogens is 204 g/mol. The molecule has 0 aliphatic carbocycles. The molecule has 0 fully saturated rings. The second-order valence-corrected chi connectivity index (χ2v) is 3.86. The highest BCUT2D eigenvalue weighted by molar-refractivity contribution is 5.76. The van der Waals surface area contributed by atoms with Gasteiger partial charge in [-0.25, -0.2) is 4.98 Å². The van der Waals surface area contributed by atoms with E-state index in [1.54, 1.807) is 0 Å². The standard InChI is InChI=1S/C12H16N2O2/c1-14(6-2-3-7-15)10-4-5-11-12(8-10)16-9-13-11/h4-5,8-9,15H,2-3,6-7H2,1H3. The zero-order valence-corrected chi connectivity index (χ0v) is 9.39. The van der Waals surface area contributed by atoms with Crippen molar-refractivity contribution in [2.24, 2.45) is 0 Å². The maximum atomic E-state index is 8.72. The van der Waals surface area contributed by atoms with Crippen LogP contribution in [-0.4, -0.2) is 30.3 Å². The number of unbranched alkanes of at least 4 members (excludes halogenated alkanes) is 1. The van der Waals surface area contributed by atoms with Gasteiger partial charge in [0.2, 0.25) is 0 Å². The van der Waals surface area contributed by atoms with Crippen LogP contribution >= 0.6 is 0 Å². The summed E-state index contributed by atoms with van der Waals surface area (Å²) in [6, 6.07) is 5.97. The summed E-state index contributed by atoms with van der Waals surface area (Å²) in [5, 5.41) is 8.72. The van der Waals surface area contributed by atoms with Gasteiger partial charge in [-0.1, -0.05) is 0 Å². The van der Waals surface area contributed by atoms with E-state index in [0.717, 1.165) is 36.2 Å². The van der Waals surface area contributed by atoms with Crippen LogP contribution in [0.3, 0.4) is 0 Å². The average molecular weight is 220 g/mol. The summed E-state index contributed by atoms with van der Waals surface area (Å²) >= 11 is 0. The lowest BCUT2D eigenvalue weighted by molar-refractivity contribution is 0.285. The first-order chi connectivity index (χ1) is 7.81. The third-order valence-corrected chi connectivity index (χ3v) is 2.66. The Kier molecular flexibility index (Phi) is 3.41. The van der Waals surface area contributed by atoms with Gasteiger partial charge in [0.15, 0.2) is 12.0 Å². The molecule has 4 nitrogen and oxygen atoms in total. The molecule has 0 aliphatic heterocycles. The molecule has 0 spiro atoms. The zero-order chi connectivity index (χ0) is 11.4. The molecule has 4 heteroatoms. The minimum Gasteiger partial charge on any atom is -0.443 e. The Hall–Kier alpha value is -1.55. The van der Waals surface area contributed by atoms with E-state index in [9.17, 15) is 0 Å². The number of rotatable bonds is 5. The highest BCUT2D eigenvalue weighted by Crippen LogP contribution is 2.20. The molecule has 0 saturated heterocycles. The van der Waals surface area contributed by atoms with Crippen LogP contribution in [0.2, 0.25) is 0 Å². The monoisotopic (exact) mass is 220 g/mol. The summed E-state index contributed by atoms with van der Waals surface area (Å²) < 4.78 is 5.26. The molecule has 1 aromatic carbocycles. The van der Waals surface area contributed by atoms with Crippen molar-refractivity contribution in [3.05, 3.63) is 24.6 Å². The fourth-order valence-corrected chi connectivity index (χ4v) is 1.67. The van der Waals surface area contributed by atoms with E-state index >= 15 is 0 Å². The van der Waals surface area contributed by atoms with Gasteiger partial charge < -0.3 is 14.4 Å². The molecule has 2 rings (SSSR count). The third kappa shape index (κ3) is 2.33. The van der Waals surface area contributed by atoms with Gasteiger partial charge >= 0.3 is 0 Å². The van der Waals surface area contributed by atoms with E-state index in [2.05, 4.69) is 9.88 Å². The summed E-state index contributed by atoms with van der Waals surface area (Å²) in [5.74, 6) is 0. The van der Waals surface area contributed by atoms with E-state index < -0.39 is 0 Å². The van der Waals surface area contributed by atoms with Crippen molar-refractivity contribution in [2.75, 3.05) is 25.1 Å². The lowest BCUT2D eigenvalue weighted by Crippen LogP contribution is -2.18. The zero-order valence-electron chi connectivity index (χ0n) is 9.39. The Labute approximate surface area is 94.5 Å². The quantitative estimate of drug-likeness (QED) is 0.783. The van der Waals surface area contributed by atoms with Crippen molar-refractivity contribution in [1.82, 2.24) is 4.98 Å². The van der Waals surface area contributed by atoms with E-state index in [0.29, 0.717) is 0 Å². The Morgan fingerprint density at radius 3 is 3.06 bits per heavy atom. The first-order valence-corrected chi connectivity index (χ1v) is 5.46. The Morgan fingerprint density at radius 1 is 1.38 bits per heavy atom. The molecule has 0 bridgehead atoms. The molecule has 0 radical (unpaired) electrons. The molecule has 1 aromatic heterocycles. The molecule has 1 N–H and O–H groups in total. The maximum absolute atomic E-state index is 8.72. The average Bonchev–Trinajstić information content (AvgIpc) is 2.76. The molecule has 1 heterocycles. The van der Waals surface area contributed by atoms with Gasteiger partial charge in [0.1, 0.15) is 5.52 Å². The number of hydrogen-bond acceptors (Lipinski definition) is 4. The van der Waals surface area contributed by atoms with E-state index in [1.165, 1.54) is 6.39 Å². The number of benzene rings is 1. The predicted molar refractivity (Wildman–Crippen MR) is 63.6 cm³/mol. The molecule has 0 atom stereocenters. The summed E-state index contributed by atoms with van der Waals surface area (Å²) in [5.41, 5.74) is 2.81. The van der Waals surface area contributed by atoms with Gasteiger partial charge in [0, 0.05) is 32.0 Å². The second kappa shape index (κ2) is 4.99. The van der Waals surface area contributed by atoms with E-state index in [-0.39, 0.29) is 6.61 Å². The molecular formula is C12H16N2O2. The van der Waals surface area contributed by atoms with Gasteiger partial charge in [-0.15, -0.1) is 0 Å². The largest absolute Gasteiger partial charge is 0.443 e. The summed E-state index contributed by atoms with van der Waals surface area (Å²) in [7, 11) is 2.04. The van der Waals surface area contributed by atoms with Crippen molar-refractivity contribution >= 4 is 16.8 Å². The minimum absolute atomic E-state index is 0.259. The Morgan fingerprint density at radius 2 is 2.25 bits per heavy atom. The van der Waals surface area contributed by atoms with E-state index in [4.69, 9.17) is 9.52 Å². The van der Waals surface area contributed by atoms with Crippen LogP contribution in [0, 0.1) is 0 Å². The maximum Gasteiger partial charge on any atom is 0.181 e. The number of hydrogen-bond donors (Lipinski definition) is 1. The number of fused-ring (bicyclic) bond motifs is 1. The van der Waals surface area contributed by atoms with Crippen molar-refractivity contribution in [1.29, 1.82) is 0 Å². The molecule has 2 aromatic rings. The smallest absolute Gasteiger partial charge is 0.181 e. The lowest BCUT2D eigenvalue weighted by atomic mass is 10.2. The van der Waals surface area contributed by atoms with Gasteiger partial charge in [-0.2, -0.15) is 0 Å². The van der Waals surface area contributed by atoms with Crippen LogP contribution in [-0.2, 0) is 0 Å². The van der Waals surface area contributed by atoms with Crippen molar-refractivity contribution in [2.45, 2.75) is 12.8 Å². The fourth-order valence-electron chi connectivity index (χ4n) is 1.67. The van der Waals surface area contributed by atoms with Crippen molar-refractivity contribution < 1.29 is 9.52 Å². The van der Waals surface area contributed by atoms with Gasteiger partial charge in [0.05, 0.1) is 0 Å². The molecule has 0 amide bonds. The first kappa shape index (κ1) is 11.0. The number of aromatic nitrogens is 1. The summed E-state index contributed by atoms with van der Waals surface area (Å²) in [6.45, 7) is 1.19. The number of nitrogens with zero attached hydrogens (tertiary/aromatic N) is 2. The molecule has 0 aliphatic rings. The first-order valence-electron chi connectivity index (χ1n) is 5.46. The van der Waals surface area contributed by atoms with Gasteiger partial charge in [-0.05, 0) is 25.0 Å². The number of aliphatic hydroxyl groups is 1. The summed E-state index contributed by atoms with van der Waals surface area (Å²) in [6.07, 6.45) is 3.29. The number of oxazole rings is 1. The number of anilines is 1.